The molecule has 0 bridgehead atoms. The molecule has 18 rings (SSSR count). The number of carbonyl (C=O) groups is 7. The normalized spacial score (nSPS) is 30.2. The van der Waals surface area contributed by atoms with Crippen molar-refractivity contribution in [3.05, 3.63) is 176 Å². The number of piperazine rings is 1. The molecule has 7 amide bonds. The molecule has 125 heavy (non-hydrogen) atoms. The van der Waals surface area contributed by atoms with Gasteiger partial charge in [-0.1, -0.05) is 149 Å². The minimum absolute atomic E-state index is 0.0109. The van der Waals surface area contributed by atoms with E-state index in [-0.39, 0.29) is 160 Å². The second kappa shape index (κ2) is 38.1. The topological polar surface area (TPSA) is 297 Å². The molecule has 4 spiro atoms. The smallest absolute Gasteiger partial charge is 0.373 e. The van der Waals surface area contributed by atoms with Crippen molar-refractivity contribution in [3.63, 3.8) is 0 Å². The summed E-state index contributed by atoms with van der Waals surface area (Å²) >= 11 is 0. The highest BCUT2D eigenvalue weighted by Crippen LogP contribution is 2.66. The van der Waals surface area contributed by atoms with Crippen LogP contribution in [0.15, 0.2) is 109 Å². The number of hydrogen-bond donors (Lipinski definition) is 4. The van der Waals surface area contributed by atoms with E-state index in [4.69, 9.17) is 29.2 Å². The van der Waals surface area contributed by atoms with Gasteiger partial charge in [-0.3, -0.25) is 33.6 Å². The summed E-state index contributed by atoms with van der Waals surface area (Å²) in [5, 5.41) is 27.8. The van der Waals surface area contributed by atoms with Crippen molar-refractivity contribution in [2.24, 2.45) is 76.9 Å². The molecule has 0 aromatic heterocycles. The molecule has 4 saturated carbocycles. The molecule has 9 fully saturated rings. The predicted octanol–water partition coefficient (Wildman–Crippen LogP) is 12.8. The van der Waals surface area contributed by atoms with Gasteiger partial charge in [-0.15, -0.1) is 0 Å². The number of nitrogens with zero attached hydrogens (tertiary/aromatic N) is 7. The number of allylic oxidation sites excluding steroid dienone is 1. The van der Waals surface area contributed by atoms with Crippen LogP contribution in [0.1, 0.15) is 213 Å². The Labute approximate surface area is 738 Å². The van der Waals surface area contributed by atoms with E-state index in [9.17, 15) is 38.7 Å². The number of amides is 7. The number of anilines is 1. The van der Waals surface area contributed by atoms with Crippen LogP contribution in [0, 0.1) is 116 Å². The van der Waals surface area contributed by atoms with Gasteiger partial charge in [-0.05, 0) is 225 Å². The molecule has 19 atom stereocenters. The van der Waals surface area contributed by atoms with Gasteiger partial charge in [0.05, 0.1) is 47.5 Å². The van der Waals surface area contributed by atoms with Crippen molar-refractivity contribution in [1.82, 2.24) is 40.4 Å². The molecule has 5 aromatic carbocycles. The lowest BCUT2D eigenvalue weighted by Crippen LogP contribution is -2.52. The van der Waals surface area contributed by atoms with Crippen LogP contribution < -0.4 is 25.6 Å². The van der Waals surface area contributed by atoms with Gasteiger partial charge in [-0.2, -0.15) is 24.4 Å². The van der Waals surface area contributed by atoms with Crippen LogP contribution in [0.3, 0.4) is 0 Å². The quantitative estimate of drug-likeness (QED) is 0.0844. The van der Waals surface area contributed by atoms with Crippen molar-refractivity contribution in [2.45, 2.75) is 240 Å². The fourth-order valence-corrected chi connectivity index (χ4v) is 26.5. The summed E-state index contributed by atoms with van der Waals surface area (Å²) in [5.74, 6) is 3.40. The third kappa shape index (κ3) is 17.2. The number of methoxy groups -OCH3 is 1. The van der Waals surface area contributed by atoms with Gasteiger partial charge in [0.1, 0.15) is 12.3 Å². The Morgan fingerprint density at radius 1 is 0.496 bits per heavy atom. The van der Waals surface area contributed by atoms with Crippen molar-refractivity contribution in [2.75, 3.05) is 70.9 Å². The first-order chi connectivity index (χ1) is 59.7. The molecule has 13 aliphatic rings. The maximum absolute atomic E-state index is 14.1. The highest BCUT2D eigenvalue weighted by Gasteiger charge is 2.69. The molecule has 4 unspecified atom stereocenters. The third-order valence-corrected chi connectivity index (χ3v) is 31.1. The molecular formula is C102H132N10O13. The lowest BCUT2D eigenvalue weighted by Gasteiger charge is -2.41. The van der Waals surface area contributed by atoms with E-state index in [2.05, 4.69) is 213 Å². The number of fused-ring (bicyclic) bond motifs is 4. The lowest BCUT2D eigenvalue weighted by atomic mass is 9.76. The zero-order valence-electron chi connectivity index (χ0n) is 76.0. The number of aryl methyl sites for hydroxylation is 8. The monoisotopic (exact) mass is 1700 g/mol. The average Bonchev–Trinajstić information content (AvgIpc) is 1.56. The van der Waals surface area contributed by atoms with Crippen LogP contribution in [-0.4, -0.2) is 167 Å². The Kier molecular flexibility index (Phi) is 28.2. The van der Waals surface area contributed by atoms with Gasteiger partial charge in [0.2, 0.25) is 41.4 Å². The second-order valence-electron chi connectivity index (χ2n) is 39.3. The summed E-state index contributed by atoms with van der Waals surface area (Å²) in [6.45, 7) is 38.3. The first-order valence-electron chi connectivity index (χ1n) is 46.1. The van der Waals surface area contributed by atoms with Crippen molar-refractivity contribution < 1.29 is 62.6 Å². The maximum atomic E-state index is 14.1. The molecule has 9 heterocycles. The van der Waals surface area contributed by atoms with Crippen molar-refractivity contribution >= 4 is 59.3 Å². The lowest BCUT2D eigenvalue weighted by molar-refractivity contribution is -0.193. The van der Waals surface area contributed by atoms with Gasteiger partial charge < -0.3 is 55.2 Å². The molecule has 4 aliphatic carbocycles. The SMILES string of the molecule is C=C1C[C@H]2[C@H](C(=O)N[C@H](C)[C@@H](C)O)[C@@H](C)CC23c2ccc(C)cc2CCCN13.COc1cccc(N2CCN(C(=O)[C@@H]3[C@@H](C)CC45c6ccc(C)cc6CCCN4C(=O)C[C@@H]35)CC2)c1.Cc1ccc2c(c1)CCCN1C(=O)C[C@H]3[C@H](C(=O)NCC#N)[C@@H](C)CC231.Cc1ccc2c(c1)CCCN1C(=O)C[C@H]3[C@H](C(=O)N[C@H](C)CC(C)C)[C@@H](C)CC231.O=C=O.O=C=O. The van der Waals surface area contributed by atoms with Gasteiger partial charge in [-0.25, -0.2) is 0 Å². The second-order valence-corrected chi connectivity index (χ2v) is 39.3. The highest BCUT2D eigenvalue weighted by molar-refractivity contribution is 5.89. The standard InChI is InChI=1S/C30H37N3O3.C25H36N2O2.C24H34N2O2.C21H25N3O2.2CO2/c1-20-9-10-25-22(16-20)6-5-11-33-27(34)18-26-28(21(2)19-30(25,26)33)29(35)32-14-12-31(13-15-32)23-7-4-8-24(17-23)36-3;1-15(2)11-18(5)26-24(29)23-17(4)14-25-20-9-8-16(3)12-19(20)7-6-10-27(25)22(28)13-21(23)25;1-14-8-9-20-19(11-14)7-6-10-26-16(3)12-21-22(15(2)13-24(20,21)26)23(28)25-17(4)18(5)27;1-13-5-6-16-15(10-13)4-3-9-24-18(25)11-17-19(20(26)23-8-7-22)14(2)12-21(16,17)24;2*2-1-3/h4,7-10,16-17,21,26,28H,5-6,11-15,18-19H2,1-3H3;8-9,12,15,17-18,21,23H,6-7,10-11,13-14H2,1-5H3,(H,26,29);8-9,11,15,17-18,21-22,27H,3,6-7,10,12-13H2,1-2,4-5H3,(H,25,28);5-6,10,14,17,19H,3-4,8-9,11-12H2,1-2H3,(H,23,26);;/t21-,26-,28+,30?;17-,18+,21-,23+,25?;15-,17+,18+,21-,22+,24?;14-,17-,19+,21?;;/m0000../s1. The molecular weight excluding hydrogens is 1570 g/mol. The first-order valence-corrected chi connectivity index (χ1v) is 46.1. The number of nitriles is 1. The number of benzene rings is 5. The Balaban J connectivity index is 0.000000141. The number of aliphatic hydroxyl groups is 1. The fourth-order valence-electron chi connectivity index (χ4n) is 26.5. The maximum Gasteiger partial charge on any atom is 0.373 e. The van der Waals surface area contributed by atoms with E-state index in [0.717, 1.165) is 141 Å². The largest absolute Gasteiger partial charge is 0.497 e. The van der Waals surface area contributed by atoms with Crippen LogP contribution in [0.4, 0.5) is 5.69 Å². The minimum Gasteiger partial charge on any atom is -0.497 e. The Bertz CT molecular complexity index is 5000. The van der Waals surface area contributed by atoms with E-state index < -0.39 is 6.10 Å². The fraction of sp³-hybridized carbons (Fsp3) is 0.588. The molecule has 4 N–H and O–H groups in total. The van der Waals surface area contributed by atoms with Crippen LogP contribution in [0.2, 0.25) is 0 Å². The van der Waals surface area contributed by atoms with E-state index >= 15 is 0 Å². The minimum atomic E-state index is -0.550. The van der Waals surface area contributed by atoms with Crippen LogP contribution in [0.5, 0.6) is 5.75 Å². The van der Waals surface area contributed by atoms with Gasteiger partial charge in [0.15, 0.2) is 0 Å². The molecule has 23 heteroatoms. The van der Waals surface area contributed by atoms with Crippen LogP contribution in [0.25, 0.3) is 0 Å². The summed E-state index contributed by atoms with van der Waals surface area (Å²) in [4.78, 5) is 139. The molecule has 5 aromatic rings. The van der Waals surface area contributed by atoms with Gasteiger partial charge in [0.25, 0.3) is 0 Å². The Morgan fingerprint density at radius 2 is 0.856 bits per heavy atom. The summed E-state index contributed by atoms with van der Waals surface area (Å²) in [6, 6.07) is 37.0. The van der Waals surface area contributed by atoms with Crippen molar-refractivity contribution in [3.8, 4) is 11.8 Å². The Hall–Kier alpha value is -10.3. The zero-order chi connectivity index (χ0) is 90.1. The zero-order valence-corrected chi connectivity index (χ0v) is 76.0. The third-order valence-electron chi connectivity index (χ3n) is 31.1. The predicted molar refractivity (Wildman–Crippen MR) is 474 cm³/mol. The summed E-state index contributed by atoms with van der Waals surface area (Å²) in [6.07, 6.45) is 15.1. The average molecular weight is 1710 g/mol. The van der Waals surface area contributed by atoms with E-state index in [1.54, 1.807) is 14.0 Å². The molecule has 668 valence electrons. The molecule has 23 nitrogen and oxygen atoms in total. The number of nitrogens with one attached hydrogen (secondary N) is 3. The number of aliphatic hydroxyl groups excluding tert-OH is 1. The van der Waals surface area contributed by atoms with E-state index in [1.165, 1.54) is 72.5 Å². The number of hydrogen-bond acceptors (Lipinski definition) is 16. The van der Waals surface area contributed by atoms with Gasteiger partial charge in [0, 0.05) is 142 Å². The Morgan fingerprint density at radius 3 is 1.24 bits per heavy atom. The van der Waals surface area contributed by atoms with Crippen molar-refractivity contribution in [1.29, 1.82) is 5.26 Å². The first kappa shape index (κ1) is 92.4. The number of carbonyl (C=O) groups excluding carboxylic acids is 11. The van der Waals surface area contributed by atoms with Crippen LogP contribution >= 0.6 is 0 Å². The van der Waals surface area contributed by atoms with Gasteiger partial charge >= 0.3 is 12.3 Å². The summed E-state index contributed by atoms with van der Waals surface area (Å²) in [5.41, 5.74) is 17.2. The molecule has 5 saturated heterocycles. The molecule has 9 aliphatic heterocycles. The summed E-state index contributed by atoms with van der Waals surface area (Å²) in [7, 11) is 1.69. The highest BCUT2D eigenvalue weighted by atomic mass is 16.5. The summed E-state index contributed by atoms with van der Waals surface area (Å²) < 4.78 is 5.39. The number of ether oxygens (including phenoxy) is 1. The van der Waals surface area contributed by atoms with E-state index in [0.29, 0.717) is 44.2 Å². The molecule has 0 radical (unpaired) electrons. The van der Waals surface area contributed by atoms with Crippen LogP contribution in [-0.2, 0) is 101 Å². The number of rotatable bonds is 12. The van der Waals surface area contributed by atoms with E-state index in [1.807, 2.05) is 25.1 Å².